The highest BCUT2D eigenvalue weighted by Crippen LogP contribution is 2.23. The zero-order valence-corrected chi connectivity index (χ0v) is 15.6. The van der Waals surface area contributed by atoms with Gasteiger partial charge in [-0.15, -0.1) is 0 Å². The predicted molar refractivity (Wildman–Crippen MR) is 109 cm³/mol. The van der Waals surface area contributed by atoms with Gasteiger partial charge in [-0.1, -0.05) is 56.3 Å². The fourth-order valence-electron chi connectivity index (χ4n) is 2.66. The molecule has 0 radical (unpaired) electrons. The average Bonchev–Trinajstić information content (AvgIpc) is 2.70. The normalized spacial score (nSPS) is 11.8. The molecule has 1 amide bonds. The lowest BCUT2D eigenvalue weighted by Gasteiger charge is -2.14. The zero-order chi connectivity index (χ0) is 19.2. The summed E-state index contributed by atoms with van der Waals surface area (Å²) in [6, 6.07) is 17.6. The van der Waals surface area contributed by atoms with Gasteiger partial charge in [-0.3, -0.25) is 4.79 Å². The number of nitrogens with one attached hydrogen (secondary N) is 1. The first-order valence-corrected chi connectivity index (χ1v) is 9.13. The van der Waals surface area contributed by atoms with Crippen LogP contribution in [0, 0.1) is 5.92 Å². The Labute approximate surface area is 159 Å². The molecule has 0 bridgehead atoms. The molecule has 3 N–H and O–H groups in total. The van der Waals surface area contributed by atoms with Gasteiger partial charge in [0.05, 0.1) is 17.6 Å². The van der Waals surface area contributed by atoms with E-state index in [2.05, 4.69) is 10.3 Å². The third-order valence-corrected chi connectivity index (χ3v) is 4.57. The van der Waals surface area contributed by atoms with Crippen LogP contribution in [0.25, 0.3) is 11.3 Å². The van der Waals surface area contributed by atoms with Gasteiger partial charge >= 0.3 is 0 Å². The van der Waals surface area contributed by atoms with E-state index in [-0.39, 0.29) is 11.8 Å². The second-order valence-corrected chi connectivity index (χ2v) is 6.63. The monoisotopic (exact) mass is 360 g/mol. The number of rotatable bonds is 6. The number of hydrogen-bond donors (Lipinski definition) is 2. The first-order chi connectivity index (χ1) is 13.1. The molecule has 138 valence electrons. The summed E-state index contributed by atoms with van der Waals surface area (Å²) in [6.07, 6.45) is 3.05. The number of amides is 1. The summed E-state index contributed by atoms with van der Waals surface area (Å²) >= 11 is 0. The Morgan fingerprint density at radius 1 is 1.11 bits per heavy atom. The van der Waals surface area contributed by atoms with Crippen molar-refractivity contribution < 1.29 is 4.79 Å². The minimum Gasteiger partial charge on any atom is -0.399 e. The van der Waals surface area contributed by atoms with Gasteiger partial charge in [0.2, 0.25) is 5.91 Å². The van der Waals surface area contributed by atoms with Gasteiger partial charge < -0.3 is 11.1 Å². The van der Waals surface area contributed by atoms with Crippen molar-refractivity contribution in [2.45, 2.75) is 26.7 Å². The lowest BCUT2D eigenvalue weighted by molar-refractivity contribution is -0.119. The van der Waals surface area contributed by atoms with Crippen LogP contribution in [0.15, 0.2) is 60.8 Å². The van der Waals surface area contributed by atoms with E-state index in [1.807, 2.05) is 68.4 Å². The number of nitrogen functional groups attached to an aromatic ring is 1. The smallest absolute Gasteiger partial charge is 0.228 e. The van der Waals surface area contributed by atoms with E-state index in [9.17, 15) is 4.79 Å². The van der Waals surface area contributed by atoms with Crippen LogP contribution < -0.4 is 11.1 Å². The molecule has 0 saturated carbocycles. The molecule has 0 aliphatic carbocycles. The Bertz CT molecular complexity index is 907. The summed E-state index contributed by atoms with van der Waals surface area (Å²) in [5, 5.41) is 2.94. The maximum absolute atomic E-state index is 12.3. The summed E-state index contributed by atoms with van der Waals surface area (Å²) in [7, 11) is 0. The molecule has 0 spiro atoms. The van der Waals surface area contributed by atoms with Crippen molar-refractivity contribution in [3.63, 3.8) is 0 Å². The molecule has 0 fully saturated rings. The van der Waals surface area contributed by atoms with Crippen molar-refractivity contribution in [3.05, 3.63) is 72.1 Å². The molecule has 5 nitrogen and oxygen atoms in total. The van der Waals surface area contributed by atoms with Gasteiger partial charge in [0.25, 0.3) is 0 Å². The van der Waals surface area contributed by atoms with E-state index in [0.29, 0.717) is 17.9 Å². The molecule has 3 aromatic rings. The lowest BCUT2D eigenvalue weighted by Crippen LogP contribution is -2.21. The number of hydrogen-bond acceptors (Lipinski definition) is 4. The van der Waals surface area contributed by atoms with Crippen molar-refractivity contribution in [2.24, 2.45) is 5.92 Å². The van der Waals surface area contributed by atoms with Crippen LogP contribution in [0.3, 0.4) is 0 Å². The largest absolute Gasteiger partial charge is 0.399 e. The molecule has 0 aliphatic heterocycles. The quantitative estimate of drug-likeness (QED) is 0.642. The minimum absolute atomic E-state index is 0.0404. The van der Waals surface area contributed by atoms with E-state index in [0.717, 1.165) is 28.9 Å². The van der Waals surface area contributed by atoms with Gasteiger partial charge in [-0.25, -0.2) is 9.97 Å². The number of anilines is 2. The van der Waals surface area contributed by atoms with Crippen LogP contribution in [0.2, 0.25) is 0 Å². The number of nitrogens with zero attached hydrogens (tertiary/aromatic N) is 2. The van der Waals surface area contributed by atoms with Crippen LogP contribution >= 0.6 is 0 Å². The molecule has 5 heteroatoms. The number of carbonyl (C=O) groups is 1. The molecular formula is C22H24N4O. The number of nitrogens with two attached hydrogens (primary N) is 1. The molecule has 3 rings (SSSR count). The Kier molecular flexibility index (Phi) is 5.81. The highest BCUT2D eigenvalue weighted by Gasteiger charge is 2.16. The highest BCUT2D eigenvalue weighted by molar-refractivity contribution is 5.92. The number of carbonyl (C=O) groups excluding carboxylic acids is 1. The van der Waals surface area contributed by atoms with Gasteiger partial charge in [0.15, 0.2) is 5.82 Å². The summed E-state index contributed by atoms with van der Waals surface area (Å²) < 4.78 is 0. The molecule has 1 atom stereocenters. The predicted octanol–water partition coefficient (Wildman–Crippen LogP) is 4.30. The third kappa shape index (κ3) is 4.70. The highest BCUT2D eigenvalue weighted by atomic mass is 16.1. The first-order valence-electron chi connectivity index (χ1n) is 9.13. The maximum atomic E-state index is 12.3. The summed E-state index contributed by atoms with van der Waals surface area (Å²) in [4.78, 5) is 21.6. The molecule has 2 aromatic carbocycles. The van der Waals surface area contributed by atoms with Crippen molar-refractivity contribution in [1.82, 2.24) is 9.97 Å². The summed E-state index contributed by atoms with van der Waals surface area (Å²) in [5.74, 6) is 0.401. The van der Waals surface area contributed by atoms with Gasteiger partial charge in [0, 0.05) is 23.6 Å². The van der Waals surface area contributed by atoms with Crippen LogP contribution in [-0.4, -0.2) is 15.9 Å². The third-order valence-electron chi connectivity index (χ3n) is 4.57. The zero-order valence-electron chi connectivity index (χ0n) is 15.6. The molecule has 27 heavy (non-hydrogen) atoms. The fraction of sp³-hybridized carbons (Fsp3) is 0.227. The Morgan fingerprint density at radius 2 is 1.81 bits per heavy atom. The molecule has 1 aromatic heterocycles. The number of benzene rings is 2. The van der Waals surface area contributed by atoms with Crippen LogP contribution in [0.1, 0.15) is 31.5 Å². The van der Waals surface area contributed by atoms with Gasteiger partial charge in [0.1, 0.15) is 0 Å². The number of aromatic nitrogens is 2. The second kappa shape index (κ2) is 8.45. The van der Waals surface area contributed by atoms with Crippen molar-refractivity contribution in [1.29, 1.82) is 0 Å². The van der Waals surface area contributed by atoms with Crippen LogP contribution in [0.4, 0.5) is 11.5 Å². The standard InChI is InChI=1S/C22H24N4O/c1-3-15(2)22(27)26-21-19(13-16-7-5-4-6-8-16)25-20(14-24-21)17-9-11-18(23)12-10-17/h4-12,14-15H,3,13,23H2,1-2H3,(H,24,26,27). The van der Waals surface area contributed by atoms with Gasteiger partial charge in [-0.05, 0) is 24.1 Å². The molecular weight excluding hydrogens is 336 g/mol. The second-order valence-electron chi connectivity index (χ2n) is 6.63. The van der Waals surface area contributed by atoms with Crippen LogP contribution in [0.5, 0.6) is 0 Å². The van der Waals surface area contributed by atoms with E-state index in [4.69, 9.17) is 10.7 Å². The summed E-state index contributed by atoms with van der Waals surface area (Å²) in [5.41, 5.74) is 10.0. The molecule has 0 aliphatic rings. The molecule has 1 unspecified atom stereocenters. The van der Waals surface area contributed by atoms with Crippen molar-refractivity contribution in [3.8, 4) is 11.3 Å². The summed E-state index contributed by atoms with van der Waals surface area (Å²) in [6.45, 7) is 3.90. The van der Waals surface area contributed by atoms with Crippen molar-refractivity contribution in [2.75, 3.05) is 11.1 Å². The molecule has 0 saturated heterocycles. The minimum atomic E-state index is -0.0758. The topological polar surface area (TPSA) is 80.9 Å². The Hall–Kier alpha value is -3.21. The maximum Gasteiger partial charge on any atom is 0.228 e. The van der Waals surface area contributed by atoms with Crippen molar-refractivity contribution >= 4 is 17.4 Å². The van der Waals surface area contributed by atoms with E-state index >= 15 is 0 Å². The van der Waals surface area contributed by atoms with Gasteiger partial charge in [-0.2, -0.15) is 0 Å². The lowest BCUT2D eigenvalue weighted by atomic mass is 10.1. The van der Waals surface area contributed by atoms with E-state index < -0.39 is 0 Å². The average molecular weight is 360 g/mol. The first kappa shape index (κ1) is 18.6. The Morgan fingerprint density at radius 3 is 2.48 bits per heavy atom. The van der Waals surface area contributed by atoms with Crippen LogP contribution in [-0.2, 0) is 11.2 Å². The Balaban J connectivity index is 1.96. The molecule has 1 heterocycles. The SMILES string of the molecule is CCC(C)C(=O)Nc1ncc(-c2ccc(N)cc2)nc1Cc1ccccc1. The fourth-order valence-corrected chi connectivity index (χ4v) is 2.66. The van der Waals surface area contributed by atoms with E-state index in [1.54, 1.807) is 6.20 Å². The van der Waals surface area contributed by atoms with E-state index in [1.165, 1.54) is 0 Å².